The maximum absolute atomic E-state index is 12.2. The molecule has 0 aromatic carbocycles. The molecular weight excluding hydrogens is 242 g/mol. The SMILES string of the molecule is Cc1nn(C)c(C)c1C(=O)NCC(C)(C)CC(C)O. The lowest BCUT2D eigenvalue weighted by molar-refractivity contribution is 0.0900. The van der Waals surface area contributed by atoms with E-state index in [1.165, 1.54) is 0 Å². The highest BCUT2D eigenvalue weighted by molar-refractivity contribution is 5.96. The van der Waals surface area contributed by atoms with Crippen LogP contribution in [0.1, 0.15) is 48.9 Å². The second-order valence-electron chi connectivity index (χ2n) is 6.07. The third kappa shape index (κ3) is 4.06. The number of hydrogen-bond donors (Lipinski definition) is 2. The van der Waals surface area contributed by atoms with Crippen LogP contribution in [0.15, 0.2) is 0 Å². The third-order valence-corrected chi connectivity index (χ3v) is 3.31. The minimum Gasteiger partial charge on any atom is -0.393 e. The summed E-state index contributed by atoms with van der Waals surface area (Å²) in [4.78, 5) is 12.2. The van der Waals surface area contributed by atoms with Gasteiger partial charge >= 0.3 is 0 Å². The van der Waals surface area contributed by atoms with Crippen LogP contribution >= 0.6 is 0 Å². The Morgan fingerprint density at radius 3 is 2.47 bits per heavy atom. The minimum atomic E-state index is -0.367. The summed E-state index contributed by atoms with van der Waals surface area (Å²) in [5.41, 5.74) is 2.12. The molecule has 0 spiro atoms. The van der Waals surface area contributed by atoms with Crippen molar-refractivity contribution in [2.24, 2.45) is 12.5 Å². The zero-order chi connectivity index (χ0) is 14.8. The number of rotatable bonds is 5. The Hall–Kier alpha value is -1.36. The van der Waals surface area contributed by atoms with E-state index >= 15 is 0 Å². The molecule has 0 aliphatic heterocycles. The van der Waals surface area contributed by atoms with Gasteiger partial charge in [0, 0.05) is 19.3 Å². The summed E-state index contributed by atoms with van der Waals surface area (Å²) in [6.45, 7) is 10.1. The summed E-state index contributed by atoms with van der Waals surface area (Å²) < 4.78 is 1.71. The average Bonchev–Trinajstić information content (AvgIpc) is 2.48. The van der Waals surface area contributed by atoms with Crippen molar-refractivity contribution in [1.29, 1.82) is 0 Å². The van der Waals surface area contributed by atoms with Crippen LogP contribution in [0.2, 0.25) is 0 Å². The first-order valence-electron chi connectivity index (χ1n) is 6.60. The van der Waals surface area contributed by atoms with Gasteiger partial charge in [-0.05, 0) is 32.6 Å². The summed E-state index contributed by atoms with van der Waals surface area (Å²) in [5.74, 6) is -0.0956. The highest BCUT2D eigenvalue weighted by Gasteiger charge is 2.23. The van der Waals surface area contributed by atoms with E-state index in [1.807, 2.05) is 34.7 Å². The molecule has 1 amide bonds. The van der Waals surface area contributed by atoms with Crippen molar-refractivity contribution in [2.45, 2.75) is 47.1 Å². The molecule has 0 saturated carbocycles. The number of hydrogen-bond acceptors (Lipinski definition) is 3. The molecule has 2 N–H and O–H groups in total. The Bertz CT molecular complexity index is 462. The number of aliphatic hydroxyl groups is 1. The van der Waals surface area contributed by atoms with Gasteiger partial charge in [0.15, 0.2) is 0 Å². The standard InChI is InChI=1S/C14H25N3O2/c1-9(18)7-14(4,5)8-15-13(19)12-10(2)16-17(6)11(12)3/h9,18H,7-8H2,1-6H3,(H,15,19). The molecule has 1 unspecified atom stereocenters. The zero-order valence-electron chi connectivity index (χ0n) is 12.7. The molecule has 1 rings (SSSR count). The van der Waals surface area contributed by atoms with Gasteiger partial charge in [-0.3, -0.25) is 9.48 Å². The smallest absolute Gasteiger partial charge is 0.255 e. The van der Waals surface area contributed by atoms with Gasteiger partial charge in [-0.2, -0.15) is 5.10 Å². The van der Waals surface area contributed by atoms with Crippen molar-refractivity contribution in [2.75, 3.05) is 6.54 Å². The summed E-state index contributed by atoms with van der Waals surface area (Å²) in [6, 6.07) is 0. The van der Waals surface area contributed by atoms with E-state index in [1.54, 1.807) is 11.6 Å². The zero-order valence-corrected chi connectivity index (χ0v) is 12.7. The Balaban J connectivity index is 2.71. The highest BCUT2D eigenvalue weighted by atomic mass is 16.3. The highest BCUT2D eigenvalue weighted by Crippen LogP contribution is 2.21. The molecular formula is C14H25N3O2. The number of carbonyl (C=O) groups is 1. The molecule has 0 aliphatic rings. The van der Waals surface area contributed by atoms with Crippen LogP contribution in [0.4, 0.5) is 0 Å². The van der Waals surface area contributed by atoms with E-state index in [0.29, 0.717) is 18.5 Å². The average molecular weight is 267 g/mol. The van der Waals surface area contributed by atoms with Gasteiger partial charge in [0.25, 0.3) is 5.91 Å². The molecule has 0 radical (unpaired) electrons. The monoisotopic (exact) mass is 267 g/mol. The van der Waals surface area contributed by atoms with Crippen LogP contribution in [0, 0.1) is 19.3 Å². The molecule has 19 heavy (non-hydrogen) atoms. The minimum absolute atomic E-state index is 0.0956. The fraction of sp³-hybridized carbons (Fsp3) is 0.714. The predicted molar refractivity (Wildman–Crippen MR) is 75.1 cm³/mol. The normalized spacial score (nSPS) is 13.4. The van der Waals surface area contributed by atoms with Crippen LogP contribution in [-0.2, 0) is 7.05 Å². The first kappa shape index (κ1) is 15.7. The third-order valence-electron chi connectivity index (χ3n) is 3.31. The maximum atomic E-state index is 12.2. The molecule has 0 fully saturated rings. The second kappa shape index (κ2) is 5.74. The van der Waals surface area contributed by atoms with E-state index in [-0.39, 0.29) is 17.4 Å². The topological polar surface area (TPSA) is 67.2 Å². The lowest BCUT2D eigenvalue weighted by atomic mass is 9.87. The van der Waals surface area contributed by atoms with Gasteiger partial charge in [0.05, 0.1) is 17.4 Å². The van der Waals surface area contributed by atoms with Crippen LogP contribution in [-0.4, -0.2) is 33.4 Å². The number of aliphatic hydroxyl groups excluding tert-OH is 1. The Morgan fingerprint density at radius 2 is 2.05 bits per heavy atom. The second-order valence-corrected chi connectivity index (χ2v) is 6.07. The van der Waals surface area contributed by atoms with E-state index in [4.69, 9.17) is 0 Å². The number of aryl methyl sites for hydroxylation is 2. The number of carbonyl (C=O) groups excluding carboxylic acids is 1. The van der Waals surface area contributed by atoms with Gasteiger partial charge in [-0.25, -0.2) is 0 Å². The van der Waals surface area contributed by atoms with Gasteiger partial charge < -0.3 is 10.4 Å². The van der Waals surface area contributed by atoms with Gasteiger partial charge in [0.2, 0.25) is 0 Å². The summed E-state index contributed by atoms with van der Waals surface area (Å²) in [6.07, 6.45) is 0.284. The van der Waals surface area contributed by atoms with E-state index < -0.39 is 0 Å². The van der Waals surface area contributed by atoms with Crippen molar-refractivity contribution in [3.05, 3.63) is 17.0 Å². The quantitative estimate of drug-likeness (QED) is 0.851. The molecule has 1 aromatic heterocycles. The first-order chi connectivity index (χ1) is 8.64. The van der Waals surface area contributed by atoms with Crippen molar-refractivity contribution in [3.63, 3.8) is 0 Å². The van der Waals surface area contributed by atoms with Crippen LogP contribution in [0.25, 0.3) is 0 Å². The van der Waals surface area contributed by atoms with Crippen molar-refractivity contribution >= 4 is 5.91 Å². The molecule has 108 valence electrons. The number of nitrogens with zero attached hydrogens (tertiary/aromatic N) is 2. The molecule has 5 nitrogen and oxygen atoms in total. The number of aromatic nitrogens is 2. The molecule has 1 heterocycles. The van der Waals surface area contributed by atoms with Crippen molar-refractivity contribution in [3.8, 4) is 0 Å². The van der Waals surface area contributed by atoms with Gasteiger partial charge in [0.1, 0.15) is 0 Å². The van der Waals surface area contributed by atoms with E-state index in [9.17, 15) is 9.90 Å². The molecule has 0 bridgehead atoms. The van der Waals surface area contributed by atoms with Crippen LogP contribution < -0.4 is 5.32 Å². The van der Waals surface area contributed by atoms with Crippen molar-refractivity contribution in [1.82, 2.24) is 15.1 Å². The predicted octanol–water partition coefficient (Wildman–Crippen LogP) is 1.56. The largest absolute Gasteiger partial charge is 0.393 e. The van der Waals surface area contributed by atoms with E-state index in [0.717, 1.165) is 11.4 Å². The molecule has 1 atom stereocenters. The summed E-state index contributed by atoms with van der Waals surface area (Å²) >= 11 is 0. The molecule has 0 aliphatic carbocycles. The van der Waals surface area contributed by atoms with E-state index in [2.05, 4.69) is 10.4 Å². The van der Waals surface area contributed by atoms with Gasteiger partial charge in [-0.15, -0.1) is 0 Å². The Morgan fingerprint density at radius 1 is 1.47 bits per heavy atom. The first-order valence-corrected chi connectivity index (χ1v) is 6.60. The lowest BCUT2D eigenvalue weighted by Crippen LogP contribution is -2.36. The fourth-order valence-corrected chi connectivity index (χ4v) is 2.38. The van der Waals surface area contributed by atoms with Crippen LogP contribution in [0.5, 0.6) is 0 Å². The van der Waals surface area contributed by atoms with Crippen molar-refractivity contribution < 1.29 is 9.90 Å². The lowest BCUT2D eigenvalue weighted by Gasteiger charge is -2.26. The molecule has 0 saturated heterocycles. The fourth-order valence-electron chi connectivity index (χ4n) is 2.38. The van der Waals surface area contributed by atoms with Crippen LogP contribution in [0.3, 0.4) is 0 Å². The molecule has 5 heteroatoms. The molecule has 1 aromatic rings. The Labute approximate surface area is 115 Å². The summed E-state index contributed by atoms with van der Waals surface area (Å²) in [5, 5.41) is 16.6. The number of amides is 1. The van der Waals surface area contributed by atoms with Gasteiger partial charge in [-0.1, -0.05) is 13.8 Å². The maximum Gasteiger partial charge on any atom is 0.255 e. The summed E-state index contributed by atoms with van der Waals surface area (Å²) in [7, 11) is 1.83. The number of nitrogens with one attached hydrogen (secondary N) is 1. The Kier molecular flexibility index (Phi) is 4.74.